The van der Waals surface area contributed by atoms with E-state index in [1.165, 1.54) is 22.3 Å². The van der Waals surface area contributed by atoms with E-state index < -0.39 is 12.1 Å². The van der Waals surface area contributed by atoms with E-state index >= 15 is 0 Å². The van der Waals surface area contributed by atoms with E-state index in [-0.39, 0.29) is 36.2 Å². The van der Waals surface area contributed by atoms with Crippen LogP contribution in [0.2, 0.25) is 0 Å². The van der Waals surface area contributed by atoms with Crippen LogP contribution in [0.5, 0.6) is 0 Å². The molecular weight excluding hydrogens is 444 g/mol. The Morgan fingerprint density at radius 2 is 1.66 bits per heavy atom. The summed E-state index contributed by atoms with van der Waals surface area (Å²) in [6.45, 7) is 2.13. The van der Waals surface area contributed by atoms with Crippen molar-refractivity contribution in [3.8, 4) is 11.1 Å². The Labute approximate surface area is 205 Å². The summed E-state index contributed by atoms with van der Waals surface area (Å²) in [6.07, 6.45) is 2.51. The van der Waals surface area contributed by atoms with Gasteiger partial charge in [-0.3, -0.25) is 9.59 Å². The van der Waals surface area contributed by atoms with Crippen LogP contribution in [0.15, 0.2) is 48.5 Å². The van der Waals surface area contributed by atoms with E-state index in [1.54, 1.807) is 0 Å². The van der Waals surface area contributed by atoms with Gasteiger partial charge in [-0.2, -0.15) is 0 Å². The second-order valence-corrected chi connectivity index (χ2v) is 10.2. The highest BCUT2D eigenvalue weighted by atomic mass is 16.5. The smallest absolute Gasteiger partial charge is 0.407 e. The van der Waals surface area contributed by atoms with E-state index in [0.29, 0.717) is 24.9 Å². The van der Waals surface area contributed by atoms with Crippen molar-refractivity contribution in [1.82, 2.24) is 10.6 Å². The number of aliphatic carboxylic acids is 1. The molecule has 7 heteroatoms. The fourth-order valence-corrected chi connectivity index (χ4v) is 6.17. The molecule has 0 heterocycles. The van der Waals surface area contributed by atoms with Crippen LogP contribution >= 0.6 is 0 Å². The molecule has 0 spiro atoms. The number of carboxylic acid groups (broad SMARTS) is 1. The van der Waals surface area contributed by atoms with E-state index in [9.17, 15) is 14.4 Å². The third kappa shape index (κ3) is 4.77. The number of amides is 2. The zero-order valence-corrected chi connectivity index (χ0v) is 19.9. The molecule has 3 N–H and O–H groups in total. The monoisotopic (exact) mass is 476 g/mol. The zero-order valence-electron chi connectivity index (χ0n) is 19.9. The quantitative estimate of drug-likeness (QED) is 0.527. The summed E-state index contributed by atoms with van der Waals surface area (Å²) in [5.41, 5.74) is 4.78. The van der Waals surface area contributed by atoms with Crippen LogP contribution in [0.4, 0.5) is 4.79 Å². The second-order valence-electron chi connectivity index (χ2n) is 10.2. The summed E-state index contributed by atoms with van der Waals surface area (Å²) in [6, 6.07) is 16.4. The Morgan fingerprint density at radius 3 is 2.31 bits per heavy atom. The van der Waals surface area contributed by atoms with Crippen LogP contribution in [0.25, 0.3) is 11.1 Å². The van der Waals surface area contributed by atoms with Crippen LogP contribution in [0.1, 0.15) is 56.1 Å². The van der Waals surface area contributed by atoms with Gasteiger partial charge in [0.05, 0.1) is 0 Å². The topological polar surface area (TPSA) is 105 Å². The molecule has 2 fully saturated rings. The number of carboxylic acids is 1. The molecule has 3 aliphatic carbocycles. The van der Waals surface area contributed by atoms with Crippen molar-refractivity contribution in [2.45, 2.75) is 57.0 Å². The van der Waals surface area contributed by atoms with E-state index in [4.69, 9.17) is 9.84 Å². The largest absolute Gasteiger partial charge is 0.481 e. The summed E-state index contributed by atoms with van der Waals surface area (Å²) in [5.74, 6) is -0.166. The first-order valence-corrected chi connectivity index (χ1v) is 12.5. The van der Waals surface area contributed by atoms with Crippen LogP contribution in [-0.4, -0.2) is 41.8 Å². The Bertz CT molecular complexity index is 1090. The highest BCUT2D eigenvalue weighted by Crippen LogP contribution is 2.50. The molecule has 0 saturated heterocycles. The number of nitrogens with one attached hydrogen (secondary N) is 2. The molecule has 0 radical (unpaired) electrons. The summed E-state index contributed by atoms with van der Waals surface area (Å²) in [4.78, 5) is 36.0. The molecule has 2 unspecified atom stereocenters. The van der Waals surface area contributed by atoms with Crippen LogP contribution in [0, 0.1) is 17.8 Å². The SMILES string of the molecule is CC(CCC(=O)O)NC(=O)C1C[C@H]2C[C@@H](NC(=O)OCC3c4ccccc4-c4ccccc43)[C@H]2C1. The van der Waals surface area contributed by atoms with Gasteiger partial charge >= 0.3 is 12.1 Å². The molecule has 2 aromatic rings. The van der Waals surface area contributed by atoms with Crippen molar-refractivity contribution in [1.29, 1.82) is 0 Å². The van der Waals surface area contributed by atoms with Crippen molar-refractivity contribution < 1.29 is 24.2 Å². The lowest BCUT2D eigenvalue weighted by molar-refractivity contribution is -0.137. The Hall–Kier alpha value is -3.35. The van der Waals surface area contributed by atoms with E-state index in [0.717, 1.165) is 19.3 Å². The highest BCUT2D eigenvalue weighted by Gasteiger charge is 2.50. The van der Waals surface area contributed by atoms with Gasteiger partial charge in [0.2, 0.25) is 5.91 Å². The molecule has 5 atom stereocenters. The lowest BCUT2D eigenvalue weighted by Crippen LogP contribution is -2.50. The lowest BCUT2D eigenvalue weighted by atomic mass is 9.71. The first-order valence-electron chi connectivity index (χ1n) is 12.5. The van der Waals surface area contributed by atoms with Crippen LogP contribution < -0.4 is 10.6 Å². The summed E-state index contributed by atoms with van der Waals surface area (Å²) < 4.78 is 5.69. The van der Waals surface area contributed by atoms with Gasteiger partial charge in [-0.05, 0) is 66.7 Å². The van der Waals surface area contributed by atoms with Crippen LogP contribution in [-0.2, 0) is 14.3 Å². The predicted octanol–water partition coefficient (Wildman–Crippen LogP) is 4.31. The molecule has 3 aliphatic rings. The first kappa shape index (κ1) is 23.4. The average Bonchev–Trinajstić information content (AvgIpc) is 3.35. The normalized spacial score (nSPS) is 24.9. The number of ether oxygens (including phenoxy) is 1. The van der Waals surface area contributed by atoms with Crippen molar-refractivity contribution in [3.05, 3.63) is 59.7 Å². The zero-order chi connectivity index (χ0) is 24.5. The number of fused-ring (bicyclic) bond motifs is 4. The maximum atomic E-state index is 12.6. The molecule has 0 aromatic heterocycles. The fraction of sp³-hybridized carbons (Fsp3) is 0.464. The van der Waals surface area contributed by atoms with Gasteiger partial charge in [0.15, 0.2) is 0 Å². The van der Waals surface area contributed by atoms with Crippen molar-refractivity contribution in [2.24, 2.45) is 17.8 Å². The maximum Gasteiger partial charge on any atom is 0.407 e. The number of carbonyl (C=O) groups is 3. The highest BCUT2D eigenvalue weighted by molar-refractivity contribution is 5.80. The van der Waals surface area contributed by atoms with Crippen molar-refractivity contribution in [3.63, 3.8) is 0 Å². The van der Waals surface area contributed by atoms with Gasteiger partial charge in [-0.25, -0.2) is 4.79 Å². The predicted molar refractivity (Wildman–Crippen MR) is 131 cm³/mol. The minimum atomic E-state index is -0.854. The summed E-state index contributed by atoms with van der Waals surface area (Å²) in [7, 11) is 0. The molecule has 2 amide bonds. The lowest BCUT2D eigenvalue weighted by Gasteiger charge is -2.40. The number of hydrogen-bond acceptors (Lipinski definition) is 4. The van der Waals surface area contributed by atoms with Gasteiger partial charge in [0.1, 0.15) is 6.61 Å². The van der Waals surface area contributed by atoms with Crippen molar-refractivity contribution in [2.75, 3.05) is 6.61 Å². The molecule has 5 rings (SSSR count). The number of rotatable bonds is 8. The number of hydrogen-bond donors (Lipinski definition) is 3. The number of benzene rings is 2. The molecule has 35 heavy (non-hydrogen) atoms. The second kappa shape index (κ2) is 9.72. The van der Waals surface area contributed by atoms with Gasteiger partial charge in [0.25, 0.3) is 0 Å². The minimum absolute atomic E-state index is 0.00261. The molecular formula is C28H32N2O5. The molecule has 2 aromatic carbocycles. The third-order valence-corrected chi connectivity index (χ3v) is 8.02. The average molecular weight is 477 g/mol. The molecule has 0 bridgehead atoms. The molecule has 2 saturated carbocycles. The first-order chi connectivity index (χ1) is 16.9. The third-order valence-electron chi connectivity index (χ3n) is 8.02. The van der Waals surface area contributed by atoms with E-state index in [1.807, 2.05) is 31.2 Å². The molecule has 7 nitrogen and oxygen atoms in total. The molecule has 0 aliphatic heterocycles. The van der Waals surface area contributed by atoms with E-state index in [2.05, 4.69) is 34.9 Å². The number of carbonyl (C=O) groups excluding carboxylic acids is 2. The van der Waals surface area contributed by atoms with Gasteiger partial charge in [-0.15, -0.1) is 0 Å². The Kier molecular flexibility index (Phi) is 6.50. The Balaban J connectivity index is 1.11. The standard InChI is InChI=1S/C28H32N2O5/c1-16(10-11-26(31)32)29-27(33)18-12-17-14-25(23(17)13-18)30-28(34)35-15-24-21-8-4-2-6-19(21)20-7-3-5-9-22(20)24/h2-9,16-18,23-25H,10-15H2,1H3,(H,29,33)(H,30,34)(H,31,32)/t16?,17-,18?,23-,25+/m0/s1. The minimum Gasteiger partial charge on any atom is -0.481 e. The van der Waals surface area contributed by atoms with Crippen molar-refractivity contribution >= 4 is 18.0 Å². The Morgan fingerprint density at radius 1 is 1.00 bits per heavy atom. The van der Waals surface area contributed by atoms with Crippen LogP contribution in [0.3, 0.4) is 0 Å². The van der Waals surface area contributed by atoms with Gasteiger partial charge in [0, 0.05) is 30.3 Å². The summed E-state index contributed by atoms with van der Waals surface area (Å²) >= 11 is 0. The number of alkyl carbamates (subject to hydrolysis) is 1. The van der Waals surface area contributed by atoms with Gasteiger partial charge < -0.3 is 20.5 Å². The molecule has 184 valence electrons. The fourth-order valence-electron chi connectivity index (χ4n) is 6.17. The maximum absolute atomic E-state index is 12.6. The summed E-state index contributed by atoms with van der Waals surface area (Å²) in [5, 5.41) is 14.8. The van der Waals surface area contributed by atoms with Gasteiger partial charge in [-0.1, -0.05) is 48.5 Å².